The van der Waals surface area contributed by atoms with E-state index in [4.69, 9.17) is 5.26 Å². The molecule has 0 aliphatic rings. The molecule has 2 aromatic rings. The number of nitriles is 1. The summed E-state index contributed by atoms with van der Waals surface area (Å²) < 4.78 is 13.6. The second kappa shape index (κ2) is 5.24. The second-order valence-corrected chi connectivity index (χ2v) is 3.81. The lowest BCUT2D eigenvalue weighted by atomic mass is 9.91. The van der Waals surface area contributed by atoms with Crippen molar-refractivity contribution >= 4 is 5.78 Å². The molecule has 0 amide bonds. The third kappa shape index (κ3) is 2.28. The molecule has 0 spiro atoms. The maximum atomic E-state index is 13.6. The Labute approximate surface area is 104 Å². The zero-order valence-corrected chi connectivity index (χ0v) is 9.51. The third-order valence-corrected chi connectivity index (χ3v) is 2.67. The fourth-order valence-electron chi connectivity index (χ4n) is 1.75. The number of Topliss-reactive ketones (excluding diaryl/α,β-unsaturated/α-hetero) is 1. The maximum Gasteiger partial charge on any atom is 0.184 e. The number of carbonyl (C=O) groups is 1. The average Bonchev–Trinajstić information content (AvgIpc) is 2.42. The summed E-state index contributed by atoms with van der Waals surface area (Å²) in [6, 6.07) is 16.2. The molecule has 18 heavy (non-hydrogen) atoms. The van der Waals surface area contributed by atoms with Crippen LogP contribution in [0.5, 0.6) is 0 Å². The molecule has 0 aliphatic carbocycles. The van der Waals surface area contributed by atoms with Gasteiger partial charge in [0.15, 0.2) is 5.78 Å². The SMILES string of the molecule is N#CC(C(=O)c1ccccc1)c1ccccc1F. The number of hydrogen-bond donors (Lipinski definition) is 0. The van der Waals surface area contributed by atoms with Gasteiger partial charge in [-0.15, -0.1) is 0 Å². The number of hydrogen-bond acceptors (Lipinski definition) is 2. The van der Waals surface area contributed by atoms with Crippen LogP contribution in [0.1, 0.15) is 21.8 Å². The second-order valence-electron chi connectivity index (χ2n) is 3.81. The average molecular weight is 239 g/mol. The van der Waals surface area contributed by atoms with Crippen molar-refractivity contribution in [2.24, 2.45) is 0 Å². The molecule has 1 unspecified atom stereocenters. The Bertz CT molecular complexity index is 601. The first kappa shape index (κ1) is 12.0. The van der Waals surface area contributed by atoms with Crippen molar-refractivity contribution in [3.8, 4) is 6.07 Å². The number of halogens is 1. The van der Waals surface area contributed by atoms with Gasteiger partial charge in [-0.3, -0.25) is 4.79 Å². The van der Waals surface area contributed by atoms with E-state index in [0.717, 1.165) is 0 Å². The highest BCUT2D eigenvalue weighted by molar-refractivity contribution is 6.02. The number of rotatable bonds is 3. The Morgan fingerprint density at radius 3 is 2.28 bits per heavy atom. The van der Waals surface area contributed by atoms with Crippen LogP contribution in [0.15, 0.2) is 54.6 Å². The van der Waals surface area contributed by atoms with E-state index in [1.54, 1.807) is 36.4 Å². The summed E-state index contributed by atoms with van der Waals surface area (Å²) >= 11 is 0. The van der Waals surface area contributed by atoms with Crippen molar-refractivity contribution in [2.45, 2.75) is 5.92 Å². The zero-order valence-electron chi connectivity index (χ0n) is 9.51. The molecule has 0 heterocycles. The summed E-state index contributed by atoms with van der Waals surface area (Å²) in [6.07, 6.45) is 0. The Balaban J connectivity index is 2.40. The van der Waals surface area contributed by atoms with Crippen LogP contribution in [0, 0.1) is 17.1 Å². The van der Waals surface area contributed by atoms with E-state index in [0.29, 0.717) is 5.56 Å². The van der Waals surface area contributed by atoms with Gasteiger partial charge in [0.1, 0.15) is 11.7 Å². The monoisotopic (exact) mass is 239 g/mol. The number of carbonyl (C=O) groups excluding carboxylic acids is 1. The highest BCUT2D eigenvalue weighted by Crippen LogP contribution is 2.22. The highest BCUT2D eigenvalue weighted by Gasteiger charge is 2.23. The van der Waals surface area contributed by atoms with E-state index >= 15 is 0 Å². The van der Waals surface area contributed by atoms with Crippen LogP contribution in [0.2, 0.25) is 0 Å². The van der Waals surface area contributed by atoms with Crippen molar-refractivity contribution in [2.75, 3.05) is 0 Å². The molecule has 1 atom stereocenters. The standard InChI is InChI=1S/C15H10FNO/c16-14-9-5-4-8-12(14)13(10-17)15(18)11-6-2-1-3-7-11/h1-9,13H. The molecule has 2 nitrogen and oxygen atoms in total. The van der Waals surface area contributed by atoms with E-state index in [2.05, 4.69) is 0 Å². The smallest absolute Gasteiger partial charge is 0.184 e. The summed E-state index contributed by atoms with van der Waals surface area (Å²) in [4.78, 5) is 12.1. The summed E-state index contributed by atoms with van der Waals surface area (Å²) in [5.74, 6) is -2.02. The zero-order chi connectivity index (χ0) is 13.0. The van der Waals surface area contributed by atoms with Crippen molar-refractivity contribution in [3.63, 3.8) is 0 Å². The number of nitrogens with zero attached hydrogens (tertiary/aromatic N) is 1. The summed E-state index contributed by atoms with van der Waals surface area (Å²) in [6.45, 7) is 0. The fraction of sp³-hybridized carbons (Fsp3) is 0.0667. The van der Waals surface area contributed by atoms with Gasteiger partial charge in [0.05, 0.1) is 6.07 Å². The molecule has 0 aromatic heterocycles. The van der Waals surface area contributed by atoms with Gasteiger partial charge in [-0.1, -0.05) is 48.5 Å². The topological polar surface area (TPSA) is 40.9 Å². The van der Waals surface area contributed by atoms with E-state index in [-0.39, 0.29) is 11.3 Å². The Kier molecular flexibility index (Phi) is 3.49. The van der Waals surface area contributed by atoms with Gasteiger partial charge in [-0.2, -0.15) is 5.26 Å². The predicted octanol–water partition coefficient (Wildman–Crippen LogP) is 3.32. The Hall–Kier alpha value is -2.47. The van der Waals surface area contributed by atoms with Crippen LogP contribution in [0.3, 0.4) is 0 Å². The summed E-state index contributed by atoms with van der Waals surface area (Å²) in [5.41, 5.74) is 0.529. The van der Waals surface area contributed by atoms with Crippen molar-refractivity contribution < 1.29 is 9.18 Å². The molecule has 2 rings (SSSR count). The van der Waals surface area contributed by atoms with Crippen molar-refractivity contribution in [1.82, 2.24) is 0 Å². The van der Waals surface area contributed by atoms with Crippen LogP contribution in [0.25, 0.3) is 0 Å². The summed E-state index contributed by atoms with van der Waals surface area (Å²) in [5, 5.41) is 9.10. The first-order chi connectivity index (χ1) is 8.74. The van der Waals surface area contributed by atoms with Crippen LogP contribution >= 0.6 is 0 Å². The van der Waals surface area contributed by atoms with Crippen LogP contribution in [-0.4, -0.2) is 5.78 Å². The van der Waals surface area contributed by atoms with Crippen molar-refractivity contribution in [3.05, 3.63) is 71.5 Å². The lowest BCUT2D eigenvalue weighted by molar-refractivity contribution is 0.0977. The number of ketones is 1. The largest absolute Gasteiger partial charge is 0.292 e. The molecule has 0 radical (unpaired) electrons. The van der Waals surface area contributed by atoms with Gasteiger partial charge in [0, 0.05) is 11.1 Å². The molecule has 0 N–H and O–H groups in total. The quantitative estimate of drug-likeness (QED) is 0.771. The predicted molar refractivity (Wildman–Crippen MR) is 65.5 cm³/mol. The van der Waals surface area contributed by atoms with Gasteiger partial charge >= 0.3 is 0 Å². The molecule has 88 valence electrons. The Morgan fingerprint density at radius 2 is 1.67 bits per heavy atom. The fourth-order valence-corrected chi connectivity index (χ4v) is 1.75. The molecule has 0 bridgehead atoms. The molecule has 0 saturated heterocycles. The van der Waals surface area contributed by atoms with Gasteiger partial charge in [0.2, 0.25) is 0 Å². The molecule has 3 heteroatoms. The van der Waals surface area contributed by atoms with E-state index in [1.807, 2.05) is 6.07 Å². The normalized spacial score (nSPS) is 11.6. The van der Waals surface area contributed by atoms with Crippen LogP contribution < -0.4 is 0 Å². The Morgan fingerprint density at radius 1 is 1.06 bits per heavy atom. The number of benzene rings is 2. The van der Waals surface area contributed by atoms with Crippen LogP contribution in [-0.2, 0) is 0 Å². The molecule has 2 aromatic carbocycles. The lowest BCUT2D eigenvalue weighted by Gasteiger charge is -2.09. The molecular weight excluding hydrogens is 229 g/mol. The first-order valence-corrected chi connectivity index (χ1v) is 5.47. The molecular formula is C15H10FNO. The first-order valence-electron chi connectivity index (χ1n) is 5.47. The van der Waals surface area contributed by atoms with Gasteiger partial charge in [0.25, 0.3) is 0 Å². The maximum absolute atomic E-state index is 13.6. The van der Waals surface area contributed by atoms with Gasteiger partial charge in [-0.25, -0.2) is 4.39 Å². The highest BCUT2D eigenvalue weighted by atomic mass is 19.1. The van der Waals surface area contributed by atoms with E-state index < -0.39 is 11.7 Å². The minimum absolute atomic E-state index is 0.119. The molecule has 0 fully saturated rings. The lowest BCUT2D eigenvalue weighted by Crippen LogP contribution is -2.12. The van der Waals surface area contributed by atoms with Gasteiger partial charge in [-0.05, 0) is 6.07 Å². The van der Waals surface area contributed by atoms with E-state index in [9.17, 15) is 9.18 Å². The molecule has 0 aliphatic heterocycles. The minimum Gasteiger partial charge on any atom is -0.292 e. The van der Waals surface area contributed by atoms with Gasteiger partial charge < -0.3 is 0 Å². The minimum atomic E-state index is -1.10. The van der Waals surface area contributed by atoms with Crippen LogP contribution in [0.4, 0.5) is 4.39 Å². The molecule has 0 saturated carbocycles. The van der Waals surface area contributed by atoms with Crippen molar-refractivity contribution in [1.29, 1.82) is 5.26 Å². The van der Waals surface area contributed by atoms with E-state index in [1.165, 1.54) is 18.2 Å². The summed E-state index contributed by atoms with van der Waals surface area (Å²) in [7, 11) is 0. The third-order valence-electron chi connectivity index (χ3n) is 2.67.